The van der Waals surface area contributed by atoms with E-state index < -0.39 is 23.9 Å². The van der Waals surface area contributed by atoms with E-state index in [0.29, 0.717) is 47.3 Å². The van der Waals surface area contributed by atoms with Crippen LogP contribution in [0.25, 0.3) is 10.8 Å². The zero-order valence-electron chi connectivity index (χ0n) is 28.0. The molecule has 1 atom stereocenters. The Morgan fingerprint density at radius 3 is 2.52 bits per heavy atom. The first-order valence-corrected chi connectivity index (χ1v) is 16.9. The number of methoxy groups -OCH3 is 1. The Balaban J connectivity index is 1.21. The molecule has 5 rings (SSSR count). The lowest BCUT2D eigenvalue weighted by Gasteiger charge is -2.28. The lowest BCUT2D eigenvalue weighted by Crippen LogP contribution is -2.45. The van der Waals surface area contributed by atoms with E-state index in [0.717, 1.165) is 19.9 Å². The fourth-order valence-electron chi connectivity index (χ4n) is 5.39. The third kappa shape index (κ3) is 8.64. The minimum Gasteiger partial charge on any atom is -0.493 e. The predicted octanol–water partition coefficient (Wildman–Crippen LogP) is 6.15. The Labute approximate surface area is 303 Å². The lowest BCUT2D eigenvalue weighted by molar-refractivity contribution is -0.139. The molecule has 260 valence electrons. The number of nitrogens with one attached hydrogen (secondary N) is 3. The molecule has 3 N–H and O–H groups in total. The van der Waals surface area contributed by atoms with Crippen LogP contribution in [0, 0.1) is 3.57 Å². The van der Waals surface area contributed by atoms with Gasteiger partial charge in [0.25, 0.3) is 5.91 Å². The molecule has 0 unspecified atom stereocenters. The molecule has 3 amide bonds. The maximum absolute atomic E-state index is 12.7. The fourth-order valence-corrected chi connectivity index (χ4v) is 6.18. The first-order valence-electron chi connectivity index (χ1n) is 15.9. The number of allylic oxidation sites excluding steroid dienone is 1. The van der Waals surface area contributed by atoms with Crippen molar-refractivity contribution in [1.82, 2.24) is 16.1 Å². The molecule has 0 spiro atoms. The summed E-state index contributed by atoms with van der Waals surface area (Å²) in [4.78, 5) is 37.5. The van der Waals surface area contributed by atoms with Crippen molar-refractivity contribution < 1.29 is 38.1 Å². The van der Waals surface area contributed by atoms with Crippen molar-refractivity contribution in [2.24, 2.45) is 5.10 Å². The van der Waals surface area contributed by atoms with Crippen LogP contribution in [0.5, 0.6) is 23.0 Å². The number of benzene rings is 4. The zero-order chi connectivity index (χ0) is 35.6. The molecule has 0 saturated heterocycles. The van der Waals surface area contributed by atoms with Crippen LogP contribution in [0.15, 0.2) is 89.2 Å². The molecule has 13 heteroatoms. The summed E-state index contributed by atoms with van der Waals surface area (Å²) in [6, 6.07) is 21.7. The Kier molecular flexibility index (Phi) is 12.1. The van der Waals surface area contributed by atoms with Gasteiger partial charge in [0.1, 0.15) is 6.61 Å². The molecule has 0 aromatic heterocycles. The minimum absolute atomic E-state index is 0.181. The molecule has 0 saturated carbocycles. The Morgan fingerprint density at radius 2 is 1.74 bits per heavy atom. The van der Waals surface area contributed by atoms with Gasteiger partial charge in [-0.1, -0.05) is 48.5 Å². The number of carbonyl (C=O) groups is 3. The number of hydrogen-bond acceptors (Lipinski definition) is 9. The molecule has 0 radical (unpaired) electrons. The average Bonchev–Trinajstić information content (AvgIpc) is 3.10. The first-order chi connectivity index (χ1) is 24.2. The van der Waals surface area contributed by atoms with Crippen LogP contribution in [-0.2, 0) is 20.9 Å². The number of rotatable bonds is 14. The summed E-state index contributed by atoms with van der Waals surface area (Å²) < 4.78 is 29.4. The second-order valence-corrected chi connectivity index (χ2v) is 12.1. The molecule has 50 heavy (non-hydrogen) atoms. The van der Waals surface area contributed by atoms with Crippen LogP contribution < -0.4 is 35.0 Å². The molecule has 12 nitrogen and oxygen atoms in total. The van der Waals surface area contributed by atoms with E-state index in [1.54, 1.807) is 38.1 Å². The van der Waals surface area contributed by atoms with Gasteiger partial charge >= 0.3 is 12.0 Å². The van der Waals surface area contributed by atoms with E-state index in [4.69, 9.17) is 23.7 Å². The number of hydrazone groups is 1. The van der Waals surface area contributed by atoms with Crippen LogP contribution in [0.4, 0.5) is 4.79 Å². The summed E-state index contributed by atoms with van der Waals surface area (Å²) in [5.74, 6) is 0.716. The largest absolute Gasteiger partial charge is 0.493 e. The Hall–Kier alpha value is -5.31. The number of carbonyl (C=O) groups excluding carboxylic acids is 3. The van der Waals surface area contributed by atoms with Crippen molar-refractivity contribution in [3.8, 4) is 23.0 Å². The lowest BCUT2D eigenvalue weighted by atomic mass is 9.95. The molecule has 4 aromatic carbocycles. The number of esters is 1. The van der Waals surface area contributed by atoms with Gasteiger partial charge in [0.2, 0.25) is 0 Å². The second-order valence-electron chi connectivity index (χ2n) is 11.0. The quantitative estimate of drug-likeness (QED) is 0.0597. The molecule has 1 aliphatic rings. The van der Waals surface area contributed by atoms with Crippen molar-refractivity contribution in [3.63, 3.8) is 0 Å². The Morgan fingerprint density at radius 1 is 0.940 bits per heavy atom. The standard InChI is InChI=1S/C37H37IN4O8/c1-5-47-31-17-23(16-28(38)35(31)50-20-26-12-9-11-24-10-7-8-13-27(24)26)19-39-42-32(43)21-49-29-15-14-25(18-30(29)46-4)34-33(36(44)48-6-2)22(3)40-37(45)41-34/h7-19,34H,5-6,20-21H2,1-4H3,(H,42,43)(H2,40,41,45)/b39-19-/t34-/m1/s1. The smallest absolute Gasteiger partial charge is 0.338 e. The average molecular weight is 793 g/mol. The van der Waals surface area contributed by atoms with Crippen LogP contribution in [0.3, 0.4) is 0 Å². The van der Waals surface area contributed by atoms with Gasteiger partial charge in [-0.3, -0.25) is 4.79 Å². The van der Waals surface area contributed by atoms with E-state index in [1.807, 2.05) is 37.3 Å². The molecular weight excluding hydrogens is 755 g/mol. The maximum Gasteiger partial charge on any atom is 0.338 e. The highest BCUT2D eigenvalue weighted by molar-refractivity contribution is 14.1. The van der Waals surface area contributed by atoms with E-state index in [-0.39, 0.29) is 24.5 Å². The van der Waals surface area contributed by atoms with Gasteiger partial charge in [0.15, 0.2) is 29.6 Å². The van der Waals surface area contributed by atoms with Crippen molar-refractivity contribution in [2.45, 2.75) is 33.4 Å². The number of hydrogen-bond donors (Lipinski definition) is 3. The molecule has 1 heterocycles. The van der Waals surface area contributed by atoms with E-state index in [9.17, 15) is 14.4 Å². The summed E-state index contributed by atoms with van der Waals surface area (Å²) in [5.41, 5.74) is 5.45. The monoisotopic (exact) mass is 792 g/mol. The third-order valence-electron chi connectivity index (χ3n) is 7.63. The highest BCUT2D eigenvalue weighted by Crippen LogP contribution is 2.36. The highest BCUT2D eigenvalue weighted by Gasteiger charge is 2.32. The number of ether oxygens (including phenoxy) is 5. The van der Waals surface area contributed by atoms with Gasteiger partial charge in [0, 0.05) is 5.70 Å². The highest BCUT2D eigenvalue weighted by atomic mass is 127. The minimum atomic E-state index is -0.778. The zero-order valence-corrected chi connectivity index (χ0v) is 30.2. The van der Waals surface area contributed by atoms with Crippen LogP contribution in [-0.4, -0.2) is 51.1 Å². The molecule has 0 bridgehead atoms. The third-order valence-corrected chi connectivity index (χ3v) is 8.43. The molecule has 0 aliphatic carbocycles. The van der Waals surface area contributed by atoms with Crippen molar-refractivity contribution in [3.05, 3.63) is 104 Å². The molecule has 0 fully saturated rings. The second kappa shape index (κ2) is 16.9. The van der Waals surface area contributed by atoms with Gasteiger partial charge in [-0.15, -0.1) is 0 Å². The van der Waals surface area contributed by atoms with Crippen molar-refractivity contribution >= 4 is 57.5 Å². The van der Waals surface area contributed by atoms with E-state index >= 15 is 0 Å². The number of urea groups is 1. The predicted molar refractivity (Wildman–Crippen MR) is 197 cm³/mol. The van der Waals surface area contributed by atoms with Crippen LogP contribution in [0.1, 0.15) is 43.5 Å². The number of fused-ring (bicyclic) bond motifs is 1. The first kappa shape index (κ1) is 36.0. The summed E-state index contributed by atoms with van der Waals surface area (Å²) in [5, 5.41) is 11.7. The van der Waals surface area contributed by atoms with Crippen LogP contribution >= 0.6 is 22.6 Å². The molecule has 4 aromatic rings. The van der Waals surface area contributed by atoms with Gasteiger partial charge < -0.3 is 34.3 Å². The van der Waals surface area contributed by atoms with Crippen molar-refractivity contribution in [2.75, 3.05) is 26.9 Å². The van der Waals surface area contributed by atoms with Gasteiger partial charge in [-0.05, 0) is 95.1 Å². The maximum atomic E-state index is 12.7. The van der Waals surface area contributed by atoms with Gasteiger partial charge in [0.05, 0.1) is 41.7 Å². The SMILES string of the molecule is CCOC(=O)C1=C(C)NC(=O)N[C@@H]1c1ccc(OCC(=O)N/N=C\c2cc(I)c(OCc3cccc4ccccc34)c(OCC)c2)c(OC)c1. The normalized spacial score (nSPS) is 14.2. The summed E-state index contributed by atoms with van der Waals surface area (Å²) in [6.07, 6.45) is 1.51. The van der Waals surface area contributed by atoms with Crippen LogP contribution in [0.2, 0.25) is 0 Å². The number of halogens is 1. The number of nitrogens with zero attached hydrogens (tertiary/aromatic N) is 1. The fraction of sp³-hybridized carbons (Fsp3) is 0.243. The Bertz CT molecular complexity index is 1960. The summed E-state index contributed by atoms with van der Waals surface area (Å²) >= 11 is 2.19. The van der Waals surface area contributed by atoms with Gasteiger partial charge in [-0.2, -0.15) is 5.10 Å². The van der Waals surface area contributed by atoms with E-state index in [2.05, 4.69) is 62.0 Å². The van der Waals surface area contributed by atoms with Gasteiger partial charge in [-0.25, -0.2) is 15.0 Å². The van der Waals surface area contributed by atoms with E-state index in [1.165, 1.54) is 13.3 Å². The molecule has 1 aliphatic heterocycles. The molecular formula is C37H37IN4O8. The van der Waals surface area contributed by atoms with Crippen molar-refractivity contribution in [1.29, 1.82) is 0 Å². The summed E-state index contributed by atoms with van der Waals surface area (Å²) in [7, 11) is 1.45. The number of amides is 3. The topological polar surface area (TPSA) is 146 Å². The summed E-state index contributed by atoms with van der Waals surface area (Å²) in [6.45, 7) is 5.87.